The van der Waals surface area contributed by atoms with Gasteiger partial charge in [0.2, 0.25) is 0 Å². The molecule has 0 aliphatic rings. The minimum absolute atomic E-state index is 0.0408. The van der Waals surface area contributed by atoms with Crippen LogP contribution in [0.25, 0.3) is 0 Å². The molecule has 0 aliphatic carbocycles. The van der Waals surface area contributed by atoms with Crippen LogP contribution in [-0.2, 0) is 19.1 Å². The van der Waals surface area contributed by atoms with E-state index in [4.69, 9.17) is 24.8 Å². The summed E-state index contributed by atoms with van der Waals surface area (Å²) < 4.78 is 10.2. The Morgan fingerprint density at radius 1 is 1.05 bits per heavy atom. The summed E-state index contributed by atoms with van der Waals surface area (Å²) >= 11 is 0. The van der Waals surface area contributed by atoms with E-state index in [1.54, 1.807) is 0 Å². The summed E-state index contributed by atoms with van der Waals surface area (Å²) in [6, 6.07) is 0. The van der Waals surface area contributed by atoms with Gasteiger partial charge in [-0.25, -0.2) is 9.59 Å². The van der Waals surface area contributed by atoms with Gasteiger partial charge in [0, 0.05) is 12.2 Å². The minimum atomic E-state index is -1.26. The smallest absolute Gasteiger partial charge is 0.328 e. The first-order chi connectivity index (χ1) is 10.4. The average Bonchev–Trinajstić information content (AvgIpc) is 2.47. The van der Waals surface area contributed by atoms with Crippen molar-refractivity contribution in [3.8, 4) is 0 Å². The van der Waals surface area contributed by atoms with E-state index in [1.165, 1.54) is 0 Å². The zero-order valence-electron chi connectivity index (χ0n) is 12.8. The molecule has 0 fully saturated rings. The summed E-state index contributed by atoms with van der Waals surface area (Å²) in [5, 5.41) is 33.4. The molecule has 1 unspecified atom stereocenters. The first-order valence-corrected chi connectivity index (χ1v) is 7.02. The standard InChI is InChI=1S/C10H22O4.C4H4O4/c1-2-3-4-10(12)9-14-8-7-13-6-5-11;5-3(6)1-2-4(7)8/h10-12H,2-9H2,1H3;1-2H,(H,5,6)(H,7,8)/b;2-1+. The van der Waals surface area contributed by atoms with E-state index in [1.807, 2.05) is 0 Å². The number of aliphatic carboxylic acids is 2. The predicted octanol–water partition coefficient (Wildman–Crippen LogP) is 0.275. The molecule has 0 spiro atoms. The first-order valence-electron chi connectivity index (χ1n) is 7.02. The van der Waals surface area contributed by atoms with Gasteiger partial charge in [0.1, 0.15) is 0 Å². The van der Waals surface area contributed by atoms with Crippen molar-refractivity contribution in [1.82, 2.24) is 0 Å². The van der Waals surface area contributed by atoms with Gasteiger partial charge in [0.05, 0.1) is 39.1 Å². The molecule has 0 radical (unpaired) electrons. The van der Waals surface area contributed by atoms with E-state index in [9.17, 15) is 14.7 Å². The van der Waals surface area contributed by atoms with E-state index < -0.39 is 11.9 Å². The third-order valence-corrected chi connectivity index (χ3v) is 2.18. The quantitative estimate of drug-likeness (QED) is 0.297. The molecule has 130 valence electrons. The van der Waals surface area contributed by atoms with Crippen molar-refractivity contribution in [2.24, 2.45) is 0 Å². The first kappa shape index (κ1) is 22.8. The molecule has 1 atom stereocenters. The lowest BCUT2D eigenvalue weighted by Gasteiger charge is -2.10. The number of rotatable bonds is 12. The van der Waals surface area contributed by atoms with Crippen molar-refractivity contribution in [2.45, 2.75) is 32.3 Å². The normalized spacial score (nSPS) is 11.8. The van der Waals surface area contributed by atoms with Crippen LogP contribution < -0.4 is 0 Å². The van der Waals surface area contributed by atoms with Crippen LogP contribution in [0.15, 0.2) is 12.2 Å². The molecule has 0 aromatic rings. The molecule has 8 heteroatoms. The number of carbonyl (C=O) groups is 2. The number of aliphatic hydroxyl groups excluding tert-OH is 2. The Labute approximate surface area is 130 Å². The molecule has 22 heavy (non-hydrogen) atoms. The van der Waals surface area contributed by atoms with Gasteiger partial charge >= 0.3 is 11.9 Å². The summed E-state index contributed by atoms with van der Waals surface area (Å²) in [7, 11) is 0. The van der Waals surface area contributed by atoms with Gasteiger partial charge in [-0.3, -0.25) is 0 Å². The Hall–Kier alpha value is -1.48. The van der Waals surface area contributed by atoms with Gasteiger partial charge in [-0.15, -0.1) is 0 Å². The van der Waals surface area contributed by atoms with Crippen molar-refractivity contribution in [3.63, 3.8) is 0 Å². The molecule has 0 aromatic carbocycles. The van der Waals surface area contributed by atoms with E-state index in [2.05, 4.69) is 6.92 Å². The van der Waals surface area contributed by atoms with Gasteiger partial charge in [-0.2, -0.15) is 0 Å². The molecule has 0 saturated heterocycles. The van der Waals surface area contributed by atoms with Crippen LogP contribution in [0.4, 0.5) is 0 Å². The second-order valence-corrected chi connectivity index (χ2v) is 4.22. The second kappa shape index (κ2) is 17.6. The van der Waals surface area contributed by atoms with Gasteiger partial charge < -0.3 is 29.9 Å². The highest BCUT2D eigenvalue weighted by atomic mass is 16.5. The Balaban J connectivity index is 0. The third kappa shape index (κ3) is 23.6. The Morgan fingerprint density at radius 2 is 1.59 bits per heavy atom. The fraction of sp³-hybridized carbons (Fsp3) is 0.714. The van der Waals surface area contributed by atoms with Gasteiger partial charge in [-0.1, -0.05) is 19.8 Å². The fourth-order valence-electron chi connectivity index (χ4n) is 1.17. The number of unbranched alkanes of at least 4 members (excludes halogenated alkanes) is 1. The molecule has 4 N–H and O–H groups in total. The molecule has 8 nitrogen and oxygen atoms in total. The largest absolute Gasteiger partial charge is 0.478 e. The maximum Gasteiger partial charge on any atom is 0.328 e. The van der Waals surface area contributed by atoms with Crippen LogP contribution in [0.5, 0.6) is 0 Å². The number of hydrogen-bond donors (Lipinski definition) is 4. The molecule has 0 aromatic heterocycles. The summed E-state index contributed by atoms with van der Waals surface area (Å²) in [5.41, 5.74) is 0. The van der Waals surface area contributed by atoms with Crippen molar-refractivity contribution < 1.29 is 39.5 Å². The highest BCUT2D eigenvalue weighted by Crippen LogP contribution is 2.00. The van der Waals surface area contributed by atoms with Gasteiger partial charge in [0.25, 0.3) is 0 Å². The summed E-state index contributed by atoms with van der Waals surface area (Å²) in [4.78, 5) is 19.1. The van der Waals surface area contributed by atoms with Crippen LogP contribution in [0.3, 0.4) is 0 Å². The number of hydrogen-bond acceptors (Lipinski definition) is 6. The number of carboxylic acids is 2. The van der Waals surface area contributed by atoms with E-state index in [-0.39, 0.29) is 12.7 Å². The van der Waals surface area contributed by atoms with E-state index in [0.717, 1.165) is 19.3 Å². The molecular weight excluding hydrogens is 296 g/mol. The van der Waals surface area contributed by atoms with Crippen molar-refractivity contribution in [3.05, 3.63) is 12.2 Å². The Morgan fingerprint density at radius 3 is 2.05 bits per heavy atom. The molecule has 0 aliphatic heterocycles. The topological polar surface area (TPSA) is 134 Å². The molecular formula is C14H26O8. The van der Waals surface area contributed by atoms with Crippen molar-refractivity contribution in [1.29, 1.82) is 0 Å². The highest BCUT2D eigenvalue weighted by Gasteiger charge is 2.02. The van der Waals surface area contributed by atoms with E-state index in [0.29, 0.717) is 38.6 Å². The van der Waals surface area contributed by atoms with Crippen LogP contribution in [0.1, 0.15) is 26.2 Å². The SMILES string of the molecule is CCCCC(O)COCCOCCO.O=C(O)/C=C/C(=O)O. The molecule has 0 bridgehead atoms. The third-order valence-electron chi connectivity index (χ3n) is 2.18. The van der Waals surface area contributed by atoms with Crippen molar-refractivity contribution in [2.75, 3.05) is 33.0 Å². The van der Waals surface area contributed by atoms with Crippen molar-refractivity contribution >= 4 is 11.9 Å². The lowest BCUT2D eigenvalue weighted by Crippen LogP contribution is -2.17. The second-order valence-electron chi connectivity index (χ2n) is 4.22. The Bertz CT molecular complexity index is 287. The Kier molecular flexibility index (Phi) is 18.2. The monoisotopic (exact) mass is 322 g/mol. The minimum Gasteiger partial charge on any atom is -0.478 e. The maximum absolute atomic E-state index is 9.55. The zero-order chi connectivity index (χ0) is 17.2. The van der Waals surface area contributed by atoms with E-state index >= 15 is 0 Å². The lowest BCUT2D eigenvalue weighted by atomic mass is 10.2. The molecule has 0 rings (SSSR count). The molecule has 0 heterocycles. The van der Waals surface area contributed by atoms with Gasteiger partial charge in [0.15, 0.2) is 0 Å². The molecule has 0 amide bonds. The maximum atomic E-state index is 9.55. The number of aliphatic hydroxyl groups is 2. The van der Waals surface area contributed by atoms with Crippen LogP contribution in [0.2, 0.25) is 0 Å². The fourth-order valence-corrected chi connectivity index (χ4v) is 1.17. The summed E-state index contributed by atoms with van der Waals surface area (Å²) in [5.74, 6) is -2.51. The average molecular weight is 322 g/mol. The zero-order valence-corrected chi connectivity index (χ0v) is 12.8. The van der Waals surface area contributed by atoms with Crippen LogP contribution >= 0.6 is 0 Å². The molecule has 0 saturated carbocycles. The van der Waals surface area contributed by atoms with Gasteiger partial charge in [-0.05, 0) is 6.42 Å². The number of carboxylic acid groups (broad SMARTS) is 2. The van der Waals surface area contributed by atoms with Crippen LogP contribution in [-0.4, -0.2) is 71.5 Å². The van der Waals surface area contributed by atoms with Crippen LogP contribution in [0, 0.1) is 0 Å². The number of ether oxygens (including phenoxy) is 2. The predicted molar refractivity (Wildman–Crippen MR) is 78.7 cm³/mol. The highest BCUT2D eigenvalue weighted by molar-refractivity contribution is 5.89. The summed E-state index contributed by atoms with van der Waals surface area (Å²) in [6.07, 6.45) is 3.69. The summed E-state index contributed by atoms with van der Waals surface area (Å²) in [6.45, 7) is 3.81. The lowest BCUT2D eigenvalue weighted by molar-refractivity contribution is -0.134.